The van der Waals surface area contributed by atoms with Crippen LogP contribution in [0.15, 0.2) is 36.5 Å². The molecule has 0 saturated carbocycles. The van der Waals surface area contributed by atoms with Gasteiger partial charge in [0.1, 0.15) is 0 Å². The molecule has 6 nitrogen and oxygen atoms in total. The first-order chi connectivity index (χ1) is 10.0. The van der Waals surface area contributed by atoms with Gasteiger partial charge in [-0.15, -0.1) is 0 Å². The summed E-state index contributed by atoms with van der Waals surface area (Å²) in [6, 6.07) is 0. The van der Waals surface area contributed by atoms with E-state index in [0.717, 1.165) is 0 Å². The van der Waals surface area contributed by atoms with E-state index in [2.05, 4.69) is 66.4 Å². The monoisotopic (exact) mass is 651 g/mol. The Morgan fingerprint density at radius 1 is 0.909 bits per heavy atom. The second-order valence-corrected chi connectivity index (χ2v) is 19.9. The molecule has 0 aromatic rings. The van der Waals surface area contributed by atoms with Crippen molar-refractivity contribution < 1.29 is 42.2 Å². The molecule has 0 aliphatic carbocycles. The molecule has 0 spiro atoms. The summed E-state index contributed by atoms with van der Waals surface area (Å²) in [6.07, 6.45) is 0. The molecule has 0 fully saturated rings. The summed E-state index contributed by atoms with van der Waals surface area (Å²) < 4.78 is 9.00. The SMILES string of the molecule is C=C(C)C(=O)O.C=C(C)C(=O)OCOC(=O)C(=C)C.I[I-]I. The third kappa shape index (κ3) is 22.1. The fraction of sp³-hybridized carbons (Fsp3) is 0.308. The summed E-state index contributed by atoms with van der Waals surface area (Å²) in [6.45, 7) is 13.9. The van der Waals surface area contributed by atoms with Gasteiger partial charge in [-0.25, -0.2) is 14.4 Å². The Balaban J connectivity index is -0.000000333. The van der Waals surface area contributed by atoms with Crippen LogP contribution in [0.5, 0.6) is 0 Å². The van der Waals surface area contributed by atoms with Gasteiger partial charge in [0.2, 0.25) is 6.79 Å². The van der Waals surface area contributed by atoms with E-state index in [1.165, 1.54) is 20.8 Å². The van der Waals surface area contributed by atoms with E-state index in [1.54, 1.807) is 0 Å². The van der Waals surface area contributed by atoms with Crippen LogP contribution in [0.4, 0.5) is 0 Å². The number of hydrogen-bond donors (Lipinski definition) is 1. The number of carbonyl (C=O) groups is 3. The molecule has 1 N–H and O–H groups in total. The van der Waals surface area contributed by atoms with Gasteiger partial charge in [0.15, 0.2) is 0 Å². The van der Waals surface area contributed by atoms with Crippen molar-refractivity contribution in [3.8, 4) is 0 Å². The maximum absolute atomic E-state index is 10.8. The van der Waals surface area contributed by atoms with Gasteiger partial charge in [0, 0.05) is 16.7 Å². The molecule has 0 saturated heterocycles. The summed E-state index contributed by atoms with van der Waals surface area (Å²) in [5, 5.41) is 7.89. The summed E-state index contributed by atoms with van der Waals surface area (Å²) in [4.78, 5) is 31.1. The van der Waals surface area contributed by atoms with Gasteiger partial charge in [-0.05, 0) is 20.8 Å². The first-order valence-electron chi connectivity index (χ1n) is 5.42. The van der Waals surface area contributed by atoms with E-state index in [9.17, 15) is 14.4 Å². The Morgan fingerprint density at radius 2 is 1.14 bits per heavy atom. The molecule has 0 aliphatic rings. The third-order valence-corrected chi connectivity index (χ3v) is 1.44. The maximum atomic E-state index is 10.8. The number of hydrogen-bond acceptors (Lipinski definition) is 5. The summed E-state index contributed by atoms with van der Waals surface area (Å²) >= 11 is 5.30. The van der Waals surface area contributed by atoms with Crippen molar-refractivity contribution in [2.45, 2.75) is 20.8 Å². The van der Waals surface area contributed by atoms with Crippen LogP contribution in [0, 0.1) is 0 Å². The Bertz CT molecular complexity index is 393. The molecule has 0 heterocycles. The molecule has 22 heavy (non-hydrogen) atoms. The molecule has 128 valence electrons. The van der Waals surface area contributed by atoms with Crippen molar-refractivity contribution in [2.24, 2.45) is 0 Å². The van der Waals surface area contributed by atoms with Crippen molar-refractivity contribution in [3.63, 3.8) is 0 Å². The standard InChI is InChI=1S/C9H12O4.C4H6O2.I3/c1-6(2)8(10)12-5-13-9(11)7(3)4;1-3(2)4(5)6;1-3-2/h1,3,5H2,2,4H3;1H2,2H3,(H,5,6);/q;;-1. The molecule has 0 bridgehead atoms. The normalized spacial score (nSPS) is 8.23. The zero-order valence-electron chi connectivity index (χ0n) is 12.5. The third-order valence-electron chi connectivity index (χ3n) is 1.44. The van der Waals surface area contributed by atoms with Crippen LogP contribution >= 0.6 is 37.2 Å². The topological polar surface area (TPSA) is 89.9 Å². The number of carboxylic acid groups (broad SMARTS) is 1. The minimum absolute atomic E-state index is 0.176. The Morgan fingerprint density at radius 3 is 1.27 bits per heavy atom. The molecule has 0 aromatic heterocycles. The van der Waals surface area contributed by atoms with E-state index < -0.39 is 24.7 Å². The average molecular weight is 651 g/mol. The van der Waals surface area contributed by atoms with Gasteiger partial charge < -0.3 is 14.6 Å². The van der Waals surface area contributed by atoms with Gasteiger partial charge in [-0.3, -0.25) is 0 Å². The van der Waals surface area contributed by atoms with Crippen molar-refractivity contribution in [2.75, 3.05) is 6.79 Å². The van der Waals surface area contributed by atoms with Crippen LogP contribution in [0.1, 0.15) is 20.8 Å². The molecule has 0 atom stereocenters. The van der Waals surface area contributed by atoms with E-state index in [0.29, 0.717) is 13.3 Å². The van der Waals surface area contributed by atoms with Crippen LogP contribution in [-0.2, 0) is 23.9 Å². The number of aliphatic carboxylic acids is 1. The van der Waals surface area contributed by atoms with Crippen molar-refractivity contribution in [1.82, 2.24) is 0 Å². The Kier molecular flexibility index (Phi) is 20.9. The van der Waals surface area contributed by atoms with Crippen molar-refractivity contribution >= 4 is 55.1 Å². The molecule has 0 unspecified atom stereocenters. The average Bonchev–Trinajstić information content (AvgIpc) is 2.39. The molecule has 9 heteroatoms. The number of carbonyl (C=O) groups excluding carboxylic acids is 2. The summed E-state index contributed by atoms with van der Waals surface area (Å²) in [5.74, 6) is -2.11. The van der Waals surface area contributed by atoms with Crippen LogP contribution in [0.25, 0.3) is 0 Å². The zero-order chi connectivity index (χ0) is 18.3. The van der Waals surface area contributed by atoms with Crippen LogP contribution in [0.3, 0.4) is 0 Å². The fourth-order valence-electron chi connectivity index (χ4n) is 0.383. The second-order valence-electron chi connectivity index (χ2n) is 3.68. The molecule has 0 rings (SSSR count). The Hall–Kier alpha value is -0.180. The van der Waals surface area contributed by atoms with E-state index >= 15 is 0 Å². The first kappa shape index (κ1) is 26.7. The predicted octanol–water partition coefficient (Wildman–Crippen LogP) is 0.605. The molecule has 0 aromatic carbocycles. The van der Waals surface area contributed by atoms with E-state index in [4.69, 9.17) is 5.11 Å². The second kappa shape index (κ2) is 17.2. The zero-order valence-corrected chi connectivity index (χ0v) is 18.9. The summed E-state index contributed by atoms with van der Waals surface area (Å²) in [5.41, 5.74) is 0.688. The quantitative estimate of drug-likeness (QED) is 0.203. The van der Waals surface area contributed by atoms with Crippen LogP contribution in [0.2, 0.25) is 0 Å². The predicted molar refractivity (Wildman–Crippen MR) is 97.2 cm³/mol. The molecule has 0 radical (unpaired) electrons. The number of rotatable bonds is 5. The minimum atomic E-state index is -0.935. The van der Waals surface area contributed by atoms with Gasteiger partial charge >= 0.3 is 68.4 Å². The fourth-order valence-corrected chi connectivity index (χ4v) is 0.383. The first-order valence-corrected chi connectivity index (χ1v) is 18.0. The van der Waals surface area contributed by atoms with Crippen molar-refractivity contribution in [3.05, 3.63) is 36.5 Å². The summed E-state index contributed by atoms with van der Waals surface area (Å²) in [7, 11) is 0. The molecule has 0 amide bonds. The van der Waals surface area contributed by atoms with Gasteiger partial charge in [0.25, 0.3) is 0 Å². The van der Waals surface area contributed by atoms with Gasteiger partial charge in [0.05, 0.1) is 0 Å². The van der Waals surface area contributed by atoms with Gasteiger partial charge in [-0.1, -0.05) is 19.7 Å². The Labute approximate surface area is 160 Å². The van der Waals surface area contributed by atoms with Crippen molar-refractivity contribution in [1.29, 1.82) is 0 Å². The van der Waals surface area contributed by atoms with E-state index in [-0.39, 0.29) is 16.7 Å². The number of esters is 2. The number of ether oxygens (including phenoxy) is 2. The van der Waals surface area contributed by atoms with Crippen LogP contribution in [-0.4, -0.2) is 29.8 Å². The number of carboxylic acids is 1. The molecular weight excluding hydrogens is 633 g/mol. The molecule has 0 aliphatic heterocycles. The molecular formula is C13H18I3O6-. The van der Waals surface area contributed by atoms with Crippen LogP contribution < -0.4 is 13.3 Å². The van der Waals surface area contributed by atoms with E-state index in [1.807, 2.05) is 0 Å². The number of halogens is 3. The van der Waals surface area contributed by atoms with Gasteiger partial charge in [-0.2, -0.15) is 0 Å².